The Labute approximate surface area is 93.7 Å². The lowest BCUT2D eigenvalue weighted by Gasteiger charge is -2.22. The summed E-state index contributed by atoms with van der Waals surface area (Å²) >= 11 is 0. The number of likely N-dealkylation sites (tertiary alicyclic amines) is 1. The summed E-state index contributed by atoms with van der Waals surface area (Å²) in [4.78, 5) is 1.58. The molecule has 0 saturated carbocycles. The predicted molar refractivity (Wildman–Crippen MR) is 62.7 cm³/mol. The fraction of sp³-hybridized carbons (Fsp3) is 0.846. The Morgan fingerprint density at radius 2 is 1.87 bits per heavy atom. The van der Waals surface area contributed by atoms with Gasteiger partial charge in [-0.05, 0) is 38.0 Å². The van der Waals surface area contributed by atoms with Crippen molar-refractivity contribution in [3.63, 3.8) is 0 Å². The van der Waals surface area contributed by atoms with Crippen molar-refractivity contribution < 1.29 is 10.0 Å². The molecule has 0 aliphatic carbocycles. The minimum absolute atomic E-state index is 0.196. The molecule has 1 aliphatic rings. The third-order valence-electron chi connectivity index (χ3n) is 3.36. The van der Waals surface area contributed by atoms with Crippen LogP contribution in [0.15, 0.2) is 0 Å². The molecule has 1 saturated heterocycles. The average molecular weight is 210 g/mol. The van der Waals surface area contributed by atoms with Crippen LogP contribution in [0.2, 0.25) is 0 Å². The maximum absolute atomic E-state index is 9.94. The molecule has 1 heterocycles. The maximum atomic E-state index is 9.94. The van der Waals surface area contributed by atoms with E-state index >= 15 is 0 Å². The van der Waals surface area contributed by atoms with Crippen LogP contribution in [0.1, 0.15) is 40.0 Å². The van der Waals surface area contributed by atoms with E-state index in [2.05, 4.69) is 11.8 Å². The normalized spacial score (nSPS) is 21.9. The molecule has 0 aromatic heterocycles. The molecule has 0 bridgehead atoms. The van der Waals surface area contributed by atoms with Gasteiger partial charge in [0.1, 0.15) is 12.1 Å². The van der Waals surface area contributed by atoms with Crippen LogP contribution in [0.4, 0.5) is 0 Å². The molecular weight excluding hydrogens is 186 g/mol. The second-order valence-electron chi connectivity index (χ2n) is 5.09. The van der Waals surface area contributed by atoms with Crippen LogP contribution in [-0.4, -0.2) is 30.3 Å². The Morgan fingerprint density at radius 3 is 2.40 bits per heavy atom. The lowest BCUT2D eigenvalue weighted by Crippen LogP contribution is -3.12. The summed E-state index contributed by atoms with van der Waals surface area (Å²) in [6.07, 6.45) is 4.04. The Kier molecular flexibility index (Phi) is 4.63. The molecule has 1 rings (SSSR count). The first-order valence-corrected chi connectivity index (χ1v) is 6.08. The minimum atomic E-state index is -0.824. The molecule has 2 nitrogen and oxygen atoms in total. The molecule has 0 amide bonds. The van der Waals surface area contributed by atoms with Gasteiger partial charge >= 0.3 is 0 Å². The van der Waals surface area contributed by atoms with Crippen molar-refractivity contribution in [1.82, 2.24) is 0 Å². The van der Waals surface area contributed by atoms with Crippen molar-refractivity contribution in [3.8, 4) is 11.8 Å². The second kappa shape index (κ2) is 5.53. The first kappa shape index (κ1) is 12.5. The first-order chi connectivity index (χ1) is 7.02. The van der Waals surface area contributed by atoms with E-state index in [0.29, 0.717) is 0 Å². The molecule has 2 heteroatoms. The highest BCUT2D eigenvalue weighted by Crippen LogP contribution is 2.13. The Morgan fingerprint density at radius 1 is 1.27 bits per heavy atom. The van der Waals surface area contributed by atoms with Crippen LogP contribution in [0.25, 0.3) is 0 Å². The zero-order valence-electron chi connectivity index (χ0n) is 10.3. The number of hydrogen-bond donors (Lipinski definition) is 2. The van der Waals surface area contributed by atoms with Crippen molar-refractivity contribution >= 4 is 0 Å². The lowest BCUT2D eigenvalue weighted by atomic mass is 9.93. The molecule has 2 N–H and O–H groups in total. The van der Waals surface area contributed by atoms with E-state index < -0.39 is 5.60 Å². The predicted octanol–water partition coefficient (Wildman–Crippen LogP) is 0.466. The molecule has 86 valence electrons. The summed E-state index contributed by atoms with van der Waals surface area (Å²) in [7, 11) is 0. The molecule has 0 spiro atoms. The van der Waals surface area contributed by atoms with Gasteiger partial charge in [-0.1, -0.05) is 19.8 Å². The number of nitrogens with one attached hydrogen (secondary N) is 1. The van der Waals surface area contributed by atoms with Gasteiger partial charge in [0.2, 0.25) is 0 Å². The number of aliphatic hydroxyl groups is 1. The summed E-state index contributed by atoms with van der Waals surface area (Å²) in [5.41, 5.74) is -0.824. The quantitative estimate of drug-likeness (QED) is 0.636. The molecular formula is C13H24NO+. The van der Waals surface area contributed by atoms with Crippen molar-refractivity contribution in [2.45, 2.75) is 45.6 Å². The van der Waals surface area contributed by atoms with Crippen LogP contribution >= 0.6 is 0 Å². The molecule has 1 fully saturated rings. The van der Waals surface area contributed by atoms with Gasteiger partial charge in [-0.15, -0.1) is 0 Å². The van der Waals surface area contributed by atoms with Crippen molar-refractivity contribution in [1.29, 1.82) is 0 Å². The SMILES string of the molecule is CC(C)C(C)(O)C#CC[NH+]1CCCCC1. The summed E-state index contributed by atoms with van der Waals surface area (Å²) in [5, 5.41) is 9.94. The largest absolute Gasteiger partial charge is 0.378 e. The van der Waals surface area contributed by atoms with E-state index in [0.717, 1.165) is 6.54 Å². The van der Waals surface area contributed by atoms with Crippen LogP contribution < -0.4 is 4.90 Å². The van der Waals surface area contributed by atoms with E-state index in [1.165, 1.54) is 32.4 Å². The fourth-order valence-corrected chi connectivity index (χ4v) is 1.72. The monoisotopic (exact) mass is 210 g/mol. The molecule has 0 aromatic carbocycles. The van der Waals surface area contributed by atoms with Crippen molar-refractivity contribution in [3.05, 3.63) is 0 Å². The van der Waals surface area contributed by atoms with E-state index in [1.54, 1.807) is 11.8 Å². The van der Waals surface area contributed by atoms with Crippen molar-refractivity contribution in [2.24, 2.45) is 5.92 Å². The molecule has 1 unspecified atom stereocenters. The smallest absolute Gasteiger partial charge is 0.139 e. The van der Waals surface area contributed by atoms with Gasteiger partial charge in [-0.25, -0.2) is 0 Å². The summed E-state index contributed by atoms with van der Waals surface area (Å²) < 4.78 is 0. The number of quaternary nitrogens is 1. The van der Waals surface area contributed by atoms with Gasteiger partial charge in [0, 0.05) is 0 Å². The van der Waals surface area contributed by atoms with E-state index in [9.17, 15) is 5.11 Å². The number of hydrogen-bond acceptors (Lipinski definition) is 1. The summed E-state index contributed by atoms with van der Waals surface area (Å²) in [6.45, 7) is 9.20. The minimum Gasteiger partial charge on any atom is -0.378 e. The molecule has 0 aromatic rings. The molecule has 1 aliphatic heterocycles. The maximum Gasteiger partial charge on any atom is 0.139 e. The van der Waals surface area contributed by atoms with Gasteiger partial charge in [0.25, 0.3) is 0 Å². The van der Waals surface area contributed by atoms with E-state index in [4.69, 9.17) is 0 Å². The fourth-order valence-electron chi connectivity index (χ4n) is 1.72. The van der Waals surface area contributed by atoms with Crippen LogP contribution in [0, 0.1) is 17.8 Å². The standard InChI is InChI=1S/C13H23NO/c1-12(2)13(3,15)8-7-11-14-9-5-4-6-10-14/h12,15H,4-6,9-11H2,1-3H3/p+1. The Hall–Kier alpha value is -0.520. The van der Waals surface area contributed by atoms with Gasteiger partial charge in [0.15, 0.2) is 0 Å². The second-order valence-corrected chi connectivity index (χ2v) is 5.09. The zero-order valence-corrected chi connectivity index (χ0v) is 10.3. The third-order valence-corrected chi connectivity index (χ3v) is 3.36. The lowest BCUT2D eigenvalue weighted by molar-refractivity contribution is -0.897. The Bertz CT molecular complexity index is 241. The van der Waals surface area contributed by atoms with Crippen LogP contribution in [0.3, 0.4) is 0 Å². The zero-order chi connectivity index (χ0) is 11.3. The van der Waals surface area contributed by atoms with Crippen molar-refractivity contribution in [2.75, 3.05) is 19.6 Å². The highest BCUT2D eigenvalue weighted by Gasteiger charge is 2.21. The molecule has 0 radical (unpaired) electrons. The molecule has 1 atom stereocenters. The van der Waals surface area contributed by atoms with Gasteiger partial charge in [-0.2, -0.15) is 0 Å². The third kappa shape index (κ3) is 4.24. The highest BCUT2D eigenvalue weighted by atomic mass is 16.3. The molecule has 15 heavy (non-hydrogen) atoms. The van der Waals surface area contributed by atoms with E-state index in [-0.39, 0.29) is 5.92 Å². The average Bonchev–Trinajstić information content (AvgIpc) is 2.19. The topological polar surface area (TPSA) is 24.7 Å². The van der Waals surface area contributed by atoms with Gasteiger partial charge in [0.05, 0.1) is 13.1 Å². The van der Waals surface area contributed by atoms with Crippen LogP contribution in [-0.2, 0) is 0 Å². The number of piperidine rings is 1. The van der Waals surface area contributed by atoms with Crippen LogP contribution in [0.5, 0.6) is 0 Å². The summed E-state index contributed by atoms with van der Waals surface area (Å²) in [6, 6.07) is 0. The highest BCUT2D eigenvalue weighted by molar-refractivity contribution is 5.13. The first-order valence-electron chi connectivity index (χ1n) is 6.08. The number of rotatable bonds is 2. The summed E-state index contributed by atoms with van der Waals surface area (Å²) in [5.74, 6) is 6.33. The van der Waals surface area contributed by atoms with Gasteiger partial charge in [-0.3, -0.25) is 0 Å². The van der Waals surface area contributed by atoms with Gasteiger partial charge < -0.3 is 10.0 Å². The Balaban J connectivity index is 2.37. The van der Waals surface area contributed by atoms with E-state index in [1.807, 2.05) is 13.8 Å².